The molecule has 2 heteroatoms. The molecule has 0 atom stereocenters. The largest absolute Gasteiger partial charge is 0.481 e. The summed E-state index contributed by atoms with van der Waals surface area (Å²) in [5.74, 6) is 0.208. The van der Waals surface area contributed by atoms with Crippen molar-refractivity contribution in [3.05, 3.63) is 0 Å². The average Bonchev–Trinajstić information content (AvgIpc) is 2.54. The van der Waals surface area contributed by atoms with E-state index in [4.69, 9.17) is 5.11 Å². The summed E-state index contributed by atoms with van der Waals surface area (Å²) < 4.78 is 0. The second kappa shape index (κ2) is 15.7. The van der Waals surface area contributed by atoms with Crippen LogP contribution < -0.4 is 0 Å². The molecule has 2 nitrogen and oxygen atoms in total. The van der Waals surface area contributed by atoms with Crippen LogP contribution in [0.1, 0.15) is 130 Å². The lowest BCUT2D eigenvalue weighted by Crippen LogP contribution is -2.23. The summed E-state index contributed by atoms with van der Waals surface area (Å²) in [6.45, 7) is 8.31. The summed E-state index contributed by atoms with van der Waals surface area (Å²) >= 11 is 0. The van der Waals surface area contributed by atoms with Gasteiger partial charge in [-0.05, 0) is 26.2 Å². The molecule has 0 saturated carbocycles. The van der Waals surface area contributed by atoms with Crippen molar-refractivity contribution in [3.8, 4) is 0 Å². The molecule has 0 aromatic rings. The summed E-state index contributed by atoms with van der Waals surface area (Å²) in [6.07, 6.45) is 21.2. The van der Waals surface area contributed by atoms with Crippen LogP contribution in [0.5, 0.6) is 0 Å². The van der Waals surface area contributed by atoms with E-state index in [9.17, 15) is 4.79 Å². The maximum absolute atomic E-state index is 11.0. The van der Waals surface area contributed by atoms with Gasteiger partial charge in [0.05, 0.1) is 5.41 Å². The first-order chi connectivity index (χ1) is 11.9. The number of hydrogen-bond donors (Lipinski definition) is 1. The first-order valence-electron chi connectivity index (χ1n) is 11.1. The van der Waals surface area contributed by atoms with Gasteiger partial charge in [-0.25, -0.2) is 0 Å². The number of rotatable bonds is 18. The quantitative estimate of drug-likeness (QED) is 0.253. The van der Waals surface area contributed by atoms with Crippen LogP contribution in [0.4, 0.5) is 0 Å². The molecule has 0 fully saturated rings. The summed E-state index contributed by atoms with van der Waals surface area (Å²) in [5, 5.41) is 9.08. The van der Waals surface area contributed by atoms with Gasteiger partial charge in [-0.15, -0.1) is 0 Å². The Morgan fingerprint density at radius 2 is 1.00 bits per heavy atom. The van der Waals surface area contributed by atoms with Crippen molar-refractivity contribution in [2.75, 3.05) is 0 Å². The molecule has 0 amide bonds. The zero-order valence-electron chi connectivity index (χ0n) is 17.7. The van der Waals surface area contributed by atoms with E-state index in [-0.39, 0.29) is 0 Å². The third-order valence-electron chi connectivity index (χ3n) is 5.41. The van der Waals surface area contributed by atoms with Crippen LogP contribution in [0.2, 0.25) is 0 Å². The predicted molar refractivity (Wildman–Crippen MR) is 110 cm³/mol. The molecule has 0 saturated heterocycles. The van der Waals surface area contributed by atoms with Crippen LogP contribution in [0.3, 0.4) is 0 Å². The van der Waals surface area contributed by atoms with Gasteiger partial charge in [-0.3, -0.25) is 4.79 Å². The Labute approximate surface area is 158 Å². The summed E-state index contributed by atoms with van der Waals surface area (Å²) in [5.41, 5.74) is -0.547. The molecule has 0 aromatic carbocycles. The first-order valence-corrected chi connectivity index (χ1v) is 11.1. The van der Waals surface area contributed by atoms with Gasteiger partial charge in [0.1, 0.15) is 0 Å². The van der Waals surface area contributed by atoms with E-state index in [2.05, 4.69) is 13.8 Å². The van der Waals surface area contributed by atoms with Gasteiger partial charge >= 0.3 is 5.97 Å². The van der Waals surface area contributed by atoms with Crippen LogP contribution >= 0.6 is 0 Å². The fraction of sp³-hybridized carbons (Fsp3) is 0.957. The minimum Gasteiger partial charge on any atom is -0.481 e. The maximum Gasteiger partial charge on any atom is 0.309 e. The van der Waals surface area contributed by atoms with Gasteiger partial charge in [-0.2, -0.15) is 0 Å². The lowest BCUT2D eigenvalue weighted by Gasteiger charge is -2.18. The Morgan fingerprint density at radius 3 is 1.32 bits per heavy atom. The molecule has 0 aliphatic heterocycles. The highest BCUT2D eigenvalue weighted by molar-refractivity contribution is 5.73. The number of unbranched alkanes of at least 4 members (excludes halogenated alkanes) is 13. The third kappa shape index (κ3) is 16.7. The number of aliphatic carboxylic acids is 1. The molecule has 0 aromatic heterocycles. The van der Waals surface area contributed by atoms with Crippen molar-refractivity contribution in [2.24, 2.45) is 11.3 Å². The zero-order chi connectivity index (χ0) is 19.0. The lowest BCUT2D eigenvalue weighted by molar-refractivity contribution is -0.147. The van der Waals surface area contributed by atoms with Gasteiger partial charge in [0.15, 0.2) is 0 Å². The second-order valence-electron chi connectivity index (χ2n) is 9.07. The van der Waals surface area contributed by atoms with Crippen LogP contribution in [-0.4, -0.2) is 11.1 Å². The molecule has 0 rings (SSSR count). The van der Waals surface area contributed by atoms with Crippen LogP contribution in [-0.2, 0) is 4.79 Å². The highest BCUT2D eigenvalue weighted by Gasteiger charge is 2.25. The van der Waals surface area contributed by atoms with Crippen molar-refractivity contribution in [1.29, 1.82) is 0 Å². The predicted octanol–water partition coefficient (Wildman–Crippen LogP) is 7.99. The molecule has 25 heavy (non-hydrogen) atoms. The van der Waals surface area contributed by atoms with E-state index in [0.29, 0.717) is 0 Å². The SMILES string of the molecule is CC(C)CCCCCCCCCCCCCCCCC(C)(C)C(=O)O. The van der Waals surface area contributed by atoms with Gasteiger partial charge in [0, 0.05) is 0 Å². The monoisotopic (exact) mass is 354 g/mol. The molecular formula is C23H46O2. The third-order valence-corrected chi connectivity index (χ3v) is 5.41. The van der Waals surface area contributed by atoms with Crippen molar-refractivity contribution >= 4 is 5.97 Å². The zero-order valence-corrected chi connectivity index (χ0v) is 17.7. The van der Waals surface area contributed by atoms with Gasteiger partial charge < -0.3 is 5.11 Å². The number of carboxylic acids is 1. The average molecular weight is 355 g/mol. The molecule has 0 bridgehead atoms. The molecule has 1 N–H and O–H groups in total. The Morgan fingerprint density at radius 1 is 0.680 bits per heavy atom. The highest BCUT2D eigenvalue weighted by atomic mass is 16.4. The molecule has 0 unspecified atom stereocenters. The minimum atomic E-state index is -0.664. The number of carboxylic acid groups (broad SMARTS) is 1. The fourth-order valence-electron chi connectivity index (χ4n) is 3.35. The van der Waals surface area contributed by atoms with E-state index in [1.807, 2.05) is 13.8 Å². The van der Waals surface area contributed by atoms with Gasteiger partial charge in [-0.1, -0.05) is 110 Å². The molecular weight excluding hydrogens is 308 g/mol. The molecule has 0 aliphatic rings. The Bertz CT molecular complexity index is 307. The van der Waals surface area contributed by atoms with Crippen molar-refractivity contribution in [3.63, 3.8) is 0 Å². The smallest absolute Gasteiger partial charge is 0.309 e. The van der Waals surface area contributed by atoms with Crippen LogP contribution in [0.25, 0.3) is 0 Å². The van der Waals surface area contributed by atoms with Crippen molar-refractivity contribution < 1.29 is 9.90 Å². The Hall–Kier alpha value is -0.530. The minimum absolute atomic E-state index is 0.547. The molecule has 150 valence electrons. The highest BCUT2D eigenvalue weighted by Crippen LogP contribution is 2.24. The molecule has 0 heterocycles. The fourth-order valence-corrected chi connectivity index (χ4v) is 3.35. The summed E-state index contributed by atoms with van der Waals surface area (Å²) in [6, 6.07) is 0. The summed E-state index contributed by atoms with van der Waals surface area (Å²) in [4.78, 5) is 11.0. The van der Waals surface area contributed by atoms with Crippen LogP contribution in [0.15, 0.2) is 0 Å². The van der Waals surface area contributed by atoms with Gasteiger partial charge in [0.25, 0.3) is 0 Å². The molecule has 0 radical (unpaired) electrons. The lowest BCUT2D eigenvalue weighted by atomic mass is 9.87. The van der Waals surface area contributed by atoms with E-state index in [1.54, 1.807) is 0 Å². The number of carbonyl (C=O) groups is 1. The first kappa shape index (κ1) is 24.5. The number of hydrogen-bond acceptors (Lipinski definition) is 1. The molecule has 0 aliphatic carbocycles. The normalized spacial score (nSPS) is 12.0. The van der Waals surface area contributed by atoms with Crippen LogP contribution in [0, 0.1) is 11.3 Å². The summed E-state index contributed by atoms with van der Waals surface area (Å²) in [7, 11) is 0. The molecule has 0 spiro atoms. The maximum atomic E-state index is 11.0. The topological polar surface area (TPSA) is 37.3 Å². The van der Waals surface area contributed by atoms with E-state index >= 15 is 0 Å². The standard InChI is InChI=1S/C23H46O2/c1-21(2)19-17-15-13-11-9-7-5-6-8-10-12-14-16-18-20-23(3,4)22(24)25/h21H,5-20H2,1-4H3,(H,24,25). The Kier molecular flexibility index (Phi) is 15.4. The van der Waals surface area contributed by atoms with E-state index in [1.165, 1.54) is 89.9 Å². The van der Waals surface area contributed by atoms with E-state index < -0.39 is 11.4 Å². The van der Waals surface area contributed by atoms with Gasteiger partial charge in [0.2, 0.25) is 0 Å². The van der Waals surface area contributed by atoms with E-state index in [0.717, 1.165) is 18.8 Å². The second-order valence-corrected chi connectivity index (χ2v) is 9.07. The van der Waals surface area contributed by atoms with Crippen molar-refractivity contribution in [2.45, 2.75) is 130 Å². The Balaban J connectivity index is 3.16. The van der Waals surface area contributed by atoms with Crippen molar-refractivity contribution in [1.82, 2.24) is 0 Å².